The van der Waals surface area contributed by atoms with E-state index < -0.39 is 74.1 Å². The van der Waals surface area contributed by atoms with Gasteiger partial charge in [-0.3, -0.25) is 28.8 Å². The summed E-state index contributed by atoms with van der Waals surface area (Å²) in [6.07, 6.45) is -2.19. The van der Waals surface area contributed by atoms with E-state index in [-0.39, 0.29) is 76.9 Å². The summed E-state index contributed by atoms with van der Waals surface area (Å²) in [7, 11) is 5.87. The van der Waals surface area contributed by atoms with Gasteiger partial charge in [0, 0.05) is 61.5 Å². The summed E-state index contributed by atoms with van der Waals surface area (Å²) in [6.45, 7) is -1.51. The summed E-state index contributed by atoms with van der Waals surface area (Å²) in [5.74, 6) is -3.78. The average molecular weight is 1360 g/mol. The third-order valence-corrected chi connectivity index (χ3v) is 13.8. The molecule has 6 amide bonds. The van der Waals surface area contributed by atoms with Crippen molar-refractivity contribution in [3.05, 3.63) is 45.7 Å². The Hall–Kier alpha value is -1.33. The maximum absolute atomic E-state index is 14.1. The van der Waals surface area contributed by atoms with Gasteiger partial charge in [-0.2, -0.15) is 0 Å². The molecule has 2 aromatic rings. The number of aliphatic hydroxyl groups is 6. The molecule has 8 N–H and O–H groups in total. The number of halogens is 5. The number of aliphatic hydroxyl groups excluding tert-OH is 6. The first-order chi connectivity index (χ1) is 26.6. The Morgan fingerprint density at radius 3 is 1.21 bits per heavy atom. The fourth-order valence-electron chi connectivity index (χ4n) is 5.32. The van der Waals surface area contributed by atoms with Gasteiger partial charge in [-0.25, -0.2) is 0 Å². The molecule has 2 aromatic carbocycles. The zero-order chi connectivity index (χ0) is 43.6. The molecule has 2 atom stereocenters. The van der Waals surface area contributed by atoms with Crippen molar-refractivity contribution in [3.8, 4) is 0 Å². The molecule has 2 unspecified atom stereocenters. The minimum absolute atomic E-state index is 0.0604. The zero-order valence-electron chi connectivity index (χ0n) is 31.3. The minimum atomic E-state index is -1.22. The van der Waals surface area contributed by atoms with Gasteiger partial charge in [0.1, 0.15) is 13.2 Å². The summed E-state index contributed by atoms with van der Waals surface area (Å²) in [4.78, 5) is 85.2. The summed E-state index contributed by atoms with van der Waals surface area (Å²) in [5.41, 5.74) is 0.915. The SMILES string of the molecule is Cc1c(NC(=O)CO)c(I)c(C(=O)N(C)CC(O)CO)c(I)c1C(=O)N(C)CCCN(C)C(=O)c1c(I)c(NC(=O)CO)c(I)c(C(=O)N(C)CC(O)CO)c1I. The maximum Gasteiger partial charge on any atom is 0.255 e. The van der Waals surface area contributed by atoms with Gasteiger partial charge in [-0.15, -0.1) is 0 Å². The van der Waals surface area contributed by atoms with Crippen LogP contribution in [0.4, 0.5) is 11.4 Å². The highest BCUT2D eigenvalue weighted by atomic mass is 127. The van der Waals surface area contributed by atoms with Crippen LogP contribution in [-0.4, -0.2) is 179 Å². The van der Waals surface area contributed by atoms with Gasteiger partial charge in [0.05, 0.1) is 69.8 Å². The van der Waals surface area contributed by atoms with Gasteiger partial charge in [0.2, 0.25) is 11.8 Å². The van der Waals surface area contributed by atoms with Gasteiger partial charge < -0.3 is 60.9 Å². The number of anilines is 2. The van der Waals surface area contributed by atoms with Crippen molar-refractivity contribution < 1.29 is 59.4 Å². The monoisotopic (exact) mass is 1360 g/mol. The molecule has 0 aliphatic carbocycles. The molecule has 23 heteroatoms. The lowest BCUT2D eigenvalue weighted by Gasteiger charge is -2.27. The van der Waals surface area contributed by atoms with E-state index in [1.54, 1.807) is 6.92 Å². The summed E-state index contributed by atoms with van der Waals surface area (Å²) < 4.78 is 1.42. The normalized spacial score (nSPS) is 12.1. The van der Waals surface area contributed by atoms with E-state index in [4.69, 9.17) is 0 Å². The molecule has 0 radical (unpaired) electrons. The summed E-state index contributed by atoms with van der Waals surface area (Å²) >= 11 is 9.35. The van der Waals surface area contributed by atoms with Crippen LogP contribution >= 0.6 is 113 Å². The highest BCUT2D eigenvalue weighted by molar-refractivity contribution is 14.1. The number of hydrogen-bond donors (Lipinski definition) is 8. The van der Waals surface area contributed by atoms with Crippen molar-refractivity contribution >= 4 is 160 Å². The van der Waals surface area contributed by atoms with Crippen molar-refractivity contribution in [1.29, 1.82) is 0 Å². The first kappa shape index (κ1) is 51.8. The second-order valence-electron chi connectivity index (χ2n) is 12.7. The van der Waals surface area contributed by atoms with Gasteiger partial charge >= 0.3 is 0 Å². The third kappa shape index (κ3) is 12.8. The van der Waals surface area contributed by atoms with Crippen molar-refractivity contribution in [2.24, 2.45) is 0 Å². The topological polar surface area (TPSA) is 261 Å². The summed E-state index contributed by atoms with van der Waals surface area (Å²) in [5, 5.41) is 62.5. The van der Waals surface area contributed by atoms with Crippen molar-refractivity contribution in [2.45, 2.75) is 25.6 Å². The molecule has 0 heterocycles. The predicted molar refractivity (Wildman–Crippen MR) is 251 cm³/mol. The van der Waals surface area contributed by atoms with Crippen LogP contribution in [0.1, 0.15) is 53.4 Å². The van der Waals surface area contributed by atoms with Crippen LogP contribution in [0.15, 0.2) is 0 Å². The lowest BCUT2D eigenvalue weighted by atomic mass is 10.00. The minimum Gasteiger partial charge on any atom is -0.394 e. The quantitative estimate of drug-likeness (QED) is 0.0972. The fraction of sp³-hybridized carbons (Fsp3) is 0.471. The third-order valence-electron chi connectivity index (χ3n) is 8.38. The number of carbonyl (C=O) groups is 6. The molecule has 0 fully saturated rings. The van der Waals surface area contributed by atoms with Crippen LogP contribution in [0.3, 0.4) is 0 Å². The molecule has 57 heavy (non-hydrogen) atoms. The summed E-state index contributed by atoms with van der Waals surface area (Å²) in [6, 6.07) is 0. The second-order valence-corrected chi connectivity index (χ2v) is 18.1. The smallest absolute Gasteiger partial charge is 0.255 e. The molecule has 0 aliphatic rings. The van der Waals surface area contributed by atoms with Crippen molar-refractivity contribution in [3.63, 3.8) is 0 Å². The number of likely N-dealkylation sites (N-methyl/N-ethyl adjacent to an activating group) is 2. The molecular weight excluding hydrogens is 1320 g/mol. The van der Waals surface area contributed by atoms with E-state index >= 15 is 0 Å². The Morgan fingerprint density at radius 1 is 0.526 bits per heavy atom. The first-order valence-corrected chi connectivity index (χ1v) is 22.1. The number of hydrogen-bond acceptors (Lipinski definition) is 12. The van der Waals surface area contributed by atoms with Gasteiger partial charge in [-0.1, -0.05) is 0 Å². The number of nitrogens with one attached hydrogen (secondary N) is 2. The molecule has 0 bridgehead atoms. The molecule has 0 aliphatic heterocycles. The molecule has 18 nitrogen and oxygen atoms in total. The van der Waals surface area contributed by atoms with Crippen LogP contribution in [0.2, 0.25) is 0 Å². The maximum atomic E-state index is 14.1. The number of nitrogens with zero attached hydrogens (tertiary/aromatic N) is 4. The number of carbonyl (C=O) groups excluding carboxylic acids is 6. The van der Waals surface area contributed by atoms with Crippen molar-refractivity contribution in [1.82, 2.24) is 19.6 Å². The Kier molecular flexibility index (Phi) is 21.5. The molecule has 2 rings (SSSR count). The lowest BCUT2D eigenvalue weighted by molar-refractivity contribution is -0.119. The van der Waals surface area contributed by atoms with E-state index in [0.29, 0.717) is 12.7 Å². The van der Waals surface area contributed by atoms with Crippen LogP contribution in [-0.2, 0) is 9.59 Å². The zero-order valence-corrected chi connectivity index (χ0v) is 42.1. The molecule has 0 spiro atoms. The van der Waals surface area contributed by atoms with E-state index in [2.05, 4.69) is 10.6 Å². The Morgan fingerprint density at radius 2 is 0.842 bits per heavy atom. The largest absolute Gasteiger partial charge is 0.394 e. The van der Waals surface area contributed by atoms with E-state index in [1.165, 1.54) is 47.8 Å². The second kappa shape index (κ2) is 23.6. The fourth-order valence-corrected chi connectivity index (χ4v) is 12.4. The van der Waals surface area contributed by atoms with Crippen LogP contribution in [0, 0.1) is 24.8 Å². The van der Waals surface area contributed by atoms with Crippen LogP contribution < -0.4 is 10.6 Å². The van der Waals surface area contributed by atoms with Gasteiger partial charge in [0.25, 0.3) is 23.6 Å². The Labute approximate surface area is 397 Å². The number of benzene rings is 2. The number of rotatable bonds is 18. The molecule has 316 valence electrons. The predicted octanol–water partition coefficient (Wildman–Crippen LogP) is 0.964. The first-order valence-electron chi connectivity index (χ1n) is 16.7. The van der Waals surface area contributed by atoms with Gasteiger partial charge in [0.15, 0.2) is 0 Å². The van der Waals surface area contributed by atoms with E-state index in [0.717, 1.165) is 0 Å². The Bertz CT molecular complexity index is 1760. The highest BCUT2D eigenvalue weighted by Gasteiger charge is 2.33. The van der Waals surface area contributed by atoms with Crippen LogP contribution in [0.25, 0.3) is 0 Å². The lowest BCUT2D eigenvalue weighted by Crippen LogP contribution is -2.38. The molecule has 0 saturated carbocycles. The highest BCUT2D eigenvalue weighted by Crippen LogP contribution is 2.38. The van der Waals surface area contributed by atoms with E-state index in [1.807, 2.05) is 113 Å². The molecule has 0 saturated heterocycles. The number of amides is 6. The van der Waals surface area contributed by atoms with Crippen LogP contribution in [0.5, 0.6) is 0 Å². The van der Waals surface area contributed by atoms with E-state index in [9.17, 15) is 59.4 Å². The molecule has 0 aromatic heterocycles. The molecular formula is C34H43I5N6O12. The Balaban J connectivity index is 2.49. The standard InChI is InChI=1S/C34H43I5N6O12/c1-15-20(24(35)21(26(37)29(15)40-18(52)13-48)33(56)44(4)9-16(50)11-46)31(54)42(2)7-6-8-43(3)32(55)22-25(36)23(34(57)45(5)10-17(51)12-47)28(39)30(27(22)38)41-19(53)14-49/h16-17,46-51H,6-14H2,1-5H3,(H,40,52)(H,41,53). The average Bonchev–Trinajstić information content (AvgIpc) is 3.17. The van der Waals surface area contributed by atoms with Crippen molar-refractivity contribution in [2.75, 3.05) is 91.4 Å². The van der Waals surface area contributed by atoms with Gasteiger partial charge in [-0.05, 0) is 132 Å².